The summed E-state index contributed by atoms with van der Waals surface area (Å²) < 4.78 is 0. The van der Waals surface area contributed by atoms with Gasteiger partial charge in [0.25, 0.3) is 6.54 Å². The van der Waals surface area contributed by atoms with E-state index in [1.54, 1.807) is 18.6 Å². The highest BCUT2D eigenvalue weighted by molar-refractivity contribution is 8.13. The molecule has 1 rings (SSSR count). The van der Waals surface area contributed by atoms with E-state index < -0.39 is 0 Å². The summed E-state index contributed by atoms with van der Waals surface area (Å²) in [4.78, 5) is 18.0. The van der Waals surface area contributed by atoms with Crippen LogP contribution in [0.25, 0.3) is 0 Å². The number of pyridine rings is 1. The molecule has 0 spiro atoms. The molecule has 0 amide bonds. The fourth-order valence-electron chi connectivity index (χ4n) is 0.961. The highest BCUT2D eigenvalue weighted by Gasteiger charge is 2.05. The van der Waals surface area contributed by atoms with E-state index in [-0.39, 0.29) is 11.5 Å². The first kappa shape index (κ1) is 11.6. The summed E-state index contributed by atoms with van der Waals surface area (Å²) in [6, 6.07) is 3.71. The van der Waals surface area contributed by atoms with Gasteiger partial charge in [0.15, 0.2) is 0 Å². The molecule has 0 aliphatic rings. The standard InChI is InChI=1S/C9H11N3O2S/c1-15-9(7-12(13)14)11-6-8-3-2-4-10-5-8/h2-5H,6-7H2,1H3. The minimum Gasteiger partial charge on any atom is -0.271 e. The van der Waals surface area contributed by atoms with Gasteiger partial charge in [-0.15, -0.1) is 11.8 Å². The topological polar surface area (TPSA) is 68.4 Å². The zero-order chi connectivity index (χ0) is 11.1. The van der Waals surface area contributed by atoms with Crippen LogP contribution in [0, 0.1) is 10.1 Å². The number of hydrogen-bond donors (Lipinski definition) is 0. The summed E-state index contributed by atoms with van der Waals surface area (Å²) >= 11 is 1.31. The smallest absolute Gasteiger partial charge is 0.251 e. The van der Waals surface area contributed by atoms with Gasteiger partial charge < -0.3 is 0 Å². The lowest BCUT2D eigenvalue weighted by molar-refractivity contribution is -0.462. The van der Waals surface area contributed by atoms with Crippen LogP contribution in [0.4, 0.5) is 0 Å². The summed E-state index contributed by atoms with van der Waals surface area (Å²) in [5.41, 5.74) is 0.951. The predicted molar refractivity (Wildman–Crippen MR) is 60.8 cm³/mol. The van der Waals surface area contributed by atoms with Crippen molar-refractivity contribution < 1.29 is 4.92 Å². The molecule has 0 atom stereocenters. The van der Waals surface area contributed by atoms with E-state index >= 15 is 0 Å². The number of rotatable bonds is 4. The number of aromatic nitrogens is 1. The van der Waals surface area contributed by atoms with Gasteiger partial charge >= 0.3 is 0 Å². The van der Waals surface area contributed by atoms with Crippen LogP contribution in [-0.2, 0) is 6.54 Å². The summed E-state index contributed by atoms with van der Waals surface area (Å²) in [6.07, 6.45) is 5.17. The van der Waals surface area contributed by atoms with Crippen LogP contribution in [-0.4, -0.2) is 27.8 Å². The fraction of sp³-hybridized carbons (Fsp3) is 0.333. The third-order valence-corrected chi connectivity index (χ3v) is 2.39. The zero-order valence-corrected chi connectivity index (χ0v) is 9.11. The first-order valence-electron chi connectivity index (χ1n) is 4.30. The summed E-state index contributed by atoms with van der Waals surface area (Å²) in [6.45, 7) is 0.235. The third kappa shape index (κ3) is 4.55. The maximum Gasteiger partial charge on any atom is 0.251 e. The second-order valence-electron chi connectivity index (χ2n) is 2.77. The van der Waals surface area contributed by atoms with Gasteiger partial charge in [-0.2, -0.15) is 0 Å². The van der Waals surface area contributed by atoms with Crippen molar-refractivity contribution in [1.29, 1.82) is 0 Å². The van der Waals surface area contributed by atoms with Crippen LogP contribution in [0.3, 0.4) is 0 Å². The molecule has 1 heterocycles. The predicted octanol–water partition coefficient (Wildman–Crippen LogP) is 1.62. The molecule has 6 heteroatoms. The Balaban J connectivity index is 2.58. The average Bonchev–Trinajstić information content (AvgIpc) is 2.25. The maximum atomic E-state index is 10.3. The Bertz CT molecular complexity index is 354. The molecule has 0 radical (unpaired) electrons. The lowest BCUT2D eigenvalue weighted by Gasteiger charge is -1.98. The van der Waals surface area contributed by atoms with Crippen LogP contribution in [0.2, 0.25) is 0 Å². The molecule has 0 saturated carbocycles. The van der Waals surface area contributed by atoms with E-state index in [0.717, 1.165) is 5.56 Å². The van der Waals surface area contributed by atoms with Crippen molar-refractivity contribution >= 4 is 16.8 Å². The largest absolute Gasteiger partial charge is 0.271 e. The van der Waals surface area contributed by atoms with E-state index in [9.17, 15) is 10.1 Å². The molecular weight excluding hydrogens is 214 g/mol. The van der Waals surface area contributed by atoms with Gasteiger partial charge in [0.05, 0.1) is 6.54 Å². The number of nitrogens with zero attached hydrogens (tertiary/aromatic N) is 3. The van der Waals surface area contributed by atoms with Crippen LogP contribution >= 0.6 is 11.8 Å². The van der Waals surface area contributed by atoms with Gasteiger partial charge in [-0.3, -0.25) is 20.1 Å². The minimum atomic E-state index is -0.376. The Labute approximate surface area is 91.8 Å². The first-order valence-corrected chi connectivity index (χ1v) is 5.53. The summed E-state index contributed by atoms with van der Waals surface area (Å²) in [5.74, 6) is 0. The lowest BCUT2D eigenvalue weighted by atomic mass is 10.3. The SMILES string of the molecule is CSC(C[N+](=O)[O-])=NCc1cccnc1. The van der Waals surface area contributed by atoms with Crippen LogP contribution in [0.5, 0.6) is 0 Å². The van der Waals surface area contributed by atoms with Crippen LogP contribution in [0.15, 0.2) is 29.5 Å². The van der Waals surface area contributed by atoms with Crippen molar-refractivity contribution in [3.8, 4) is 0 Å². The Morgan fingerprint density at radius 3 is 3.07 bits per heavy atom. The molecule has 0 saturated heterocycles. The highest BCUT2D eigenvalue weighted by Crippen LogP contribution is 2.03. The number of thioether (sulfide) groups is 1. The van der Waals surface area contributed by atoms with Gasteiger partial charge in [-0.05, 0) is 17.9 Å². The van der Waals surface area contributed by atoms with Gasteiger partial charge in [0.1, 0.15) is 5.04 Å². The molecule has 15 heavy (non-hydrogen) atoms. The van der Waals surface area contributed by atoms with Gasteiger partial charge in [-0.25, -0.2) is 0 Å². The van der Waals surface area contributed by atoms with Crippen molar-refractivity contribution in [2.45, 2.75) is 6.54 Å². The van der Waals surface area contributed by atoms with Crippen molar-refractivity contribution in [3.05, 3.63) is 40.2 Å². The molecule has 5 nitrogen and oxygen atoms in total. The van der Waals surface area contributed by atoms with Crippen molar-refractivity contribution in [1.82, 2.24) is 4.98 Å². The number of aliphatic imine (C=N–C) groups is 1. The van der Waals surface area contributed by atoms with E-state index in [4.69, 9.17) is 0 Å². The second-order valence-corrected chi connectivity index (χ2v) is 3.65. The lowest BCUT2D eigenvalue weighted by Crippen LogP contribution is -2.10. The van der Waals surface area contributed by atoms with E-state index in [1.807, 2.05) is 12.1 Å². The molecule has 1 aromatic heterocycles. The van der Waals surface area contributed by atoms with Gasteiger partial charge in [0.2, 0.25) is 0 Å². The Morgan fingerprint density at radius 2 is 2.53 bits per heavy atom. The highest BCUT2D eigenvalue weighted by atomic mass is 32.2. The molecule has 0 fully saturated rings. The van der Waals surface area contributed by atoms with E-state index in [0.29, 0.717) is 11.6 Å². The van der Waals surface area contributed by atoms with Gasteiger partial charge in [0, 0.05) is 17.3 Å². The first-order chi connectivity index (χ1) is 7.22. The molecule has 0 unspecified atom stereocenters. The zero-order valence-electron chi connectivity index (χ0n) is 8.29. The Kier molecular flexibility index (Phi) is 4.76. The molecule has 0 aromatic carbocycles. The maximum absolute atomic E-state index is 10.3. The summed E-state index contributed by atoms with van der Waals surface area (Å²) in [7, 11) is 0. The molecule has 0 aliphatic carbocycles. The third-order valence-electron chi connectivity index (χ3n) is 1.66. The van der Waals surface area contributed by atoms with E-state index in [1.165, 1.54) is 11.8 Å². The normalized spacial score (nSPS) is 11.4. The van der Waals surface area contributed by atoms with Crippen molar-refractivity contribution in [2.75, 3.05) is 12.8 Å². The Hall–Kier alpha value is -1.43. The summed E-state index contributed by atoms with van der Waals surface area (Å²) in [5, 5.41) is 10.8. The second kappa shape index (κ2) is 6.13. The van der Waals surface area contributed by atoms with Crippen LogP contribution in [0.1, 0.15) is 5.56 Å². The molecule has 80 valence electrons. The molecule has 1 aromatic rings. The molecule has 0 aliphatic heterocycles. The van der Waals surface area contributed by atoms with Crippen LogP contribution < -0.4 is 0 Å². The van der Waals surface area contributed by atoms with Crippen molar-refractivity contribution in [2.24, 2.45) is 4.99 Å². The number of nitro groups is 1. The van der Waals surface area contributed by atoms with Crippen molar-refractivity contribution in [3.63, 3.8) is 0 Å². The quantitative estimate of drug-likeness (QED) is 0.338. The van der Waals surface area contributed by atoms with Gasteiger partial charge in [-0.1, -0.05) is 6.07 Å². The molecular formula is C9H11N3O2S. The molecule has 0 bridgehead atoms. The number of hydrogen-bond acceptors (Lipinski definition) is 5. The Morgan fingerprint density at radius 1 is 1.73 bits per heavy atom. The fourth-order valence-corrected chi connectivity index (χ4v) is 1.39. The molecule has 0 N–H and O–H groups in total. The average molecular weight is 225 g/mol. The minimum absolute atomic E-state index is 0.207. The monoisotopic (exact) mass is 225 g/mol. The van der Waals surface area contributed by atoms with E-state index in [2.05, 4.69) is 9.98 Å².